The van der Waals surface area contributed by atoms with E-state index in [2.05, 4.69) is 20.9 Å². The highest BCUT2D eigenvalue weighted by Gasteiger charge is 2.20. The van der Waals surface area contributed by atoms with Crippen molar-refractivity contribution in [2.75, 3.05) is 0 Å². The van der Waals surface area contributed by atoms with Crippen molar-refractivity contribution in [3.05, 3.63) is 84.9 Å². The number of hydrogen-bond acceptors (Lipinski definition) is 6. The highest BCUT2D eigenvalue weighted by atomic mass is 79.9. The fraction of sp³-hybridized carbons (Fsp3) is 0.0625. The molecule has 2 heterocycles. The average molecular weight is 404 g/mol. The van der Waals surface area contributed by atoms with Gasteiger partial charge in [-0.25, -0.2) is 9.78 Å². The van der Waals surface area contributed by atoms with E-state index in [-0.39, 0.29) is 29.1 Å². The molecule has 9 heteroatoms. The van der Waals surface area contributed by atoms with Crippen LogP contribution in [0.3, 0.4) is 0 Å². The normalized spacial score (nSPS) is 10.6. The number of nitro benzene ring substituents is 1. The third-order valence-corrected chi connectivity index (χ3v) is 3.82. The maximum atomic E-state index is 12.1. The van der Waals surface area contributed by atoms with Gasteiger partial charge in [-0.3, -0.25) is 19.3 Å². The van der Waals surface area contributed by atoms with Crippen molar-refractivity contribution < 1.29 is 14.5 Å². The summed E-state index contributed by atoms with van der Waals surface area (Å²) in [6.45, 7) is -0.271. The molecule has 0 spiro atoms. The molecule has 0 aliphatic carbocycles. The Morgan fingerprint density at radius 1 is 1.28 bits per heavy atom. The van der Waals surface area contributed by atoms with Gasteiger partial charge in [-0.2, -0.15) is 0 Å². The van der Waals surface area contributed by atoms with E-state index in [1.807, 2.05) is 0 Å². The number of carbonyl (C=O) groups excluding carboxylic acids is 1. The van der Waals surface area contributed by atoms with Crippen molar-refractivity contribution in [1.29, 1.82) is 0 Å². The molecule has 3 aromatic rings. The number of fused-ring (bicyclic) bond motifs is 1. The lowest BCUT2D eigenvalue weighted by atomic mass is 10.2. The Balaban J connectivity index is 1.83. The van der Waals surface area contributed by atoms with Gasteiger partial charge in [0.05, 0.1) is 10.6 Å². The molecule has 0 fully saturated rings. The summed E-state index contributed by atoms with van der Waals surface area (Å²) in [5.41, 5.74) is -0.187. The number of benzene rings is 1. The molecule has 8 nitrogen and oxygen atoms in total. The van der Waals surface area contributed by atoms with Crippen LogP contribution in [0.4, 0.5) is 5.69 Å². The molecule has 0 aliphatic rings. The molecule has 0 bridgehead atoms. The average Bonchev–Trinajstić information content (AvgIpc) is 2.60. The van der Waals surface area contributed by atoms with Crippen molar-refractivity contribution in [1.82, 2.24) is 9.38 Å². The van der Waals surface area contributed by atoms with Gasteiger partial charge in [0.2, 0.25) is 0 Å². The lowest BCUT2D eigenvalue weighted by Crippen LogP contribution is -2.17. The van der Waals surface area contributed by atoms with E-state index in [1.165, 1.54) is 34.7 Å². The van der Waals surface area contributed by atoms with Crippen LogP contribution in [0.25, 0.3) is 5.65 Å². The minimum Gasteiger partial charge on any atom is -0.455 e. The van der Waals surface area contributed by atoms with E-state index >= 15 is 0 Å². The summed E-state index contributed by atoms with van der Waals surface area (Å²) in [5.74, 6) is -0.856. The molecular weight excluding hydrogens is 394 g/mol. The third-order valence-electron chi connectivity index (χ3n) is 3.35. The van der Waals surface area contributed by atoms with Gasteiger partial charge in [0, 0.05) is 22.8 Å². The van der Waals surface area contributed by atoms with Crippen molar-refractivity contribution in [3.63, 3.8) is 0 Å². The molecule has 126 valence electrons. The molecule has 0 saturated heterocycles. The lowest BCUT2D eigenvalue weighted by molar-refractivity contribution is -0.385. The number of carbonyl (C=O) groups is 1. The molecule has 0 unspecified atom stereocenters. The van der Waals surface area contributed by atoms with Crippen LogP contribution in [0.1, 0.15) is 16.1 Å². The number of nitro groups is 1. The van der Waals surface area contributed by atoms with Gasteiger partial charge >= 0.3 is 5.97 Å². The summed E-state index contributed by atoms with van der Waals surface area (Å²) in [5, 5.41) is 11.0. The number of rotatable bonds is 4. The van der Waals surface area contributed by atoms with Gasteiger partial charge in [-0.1, -0.05) is 12.1 Å². The molecule has 0 amide bonds. The van der Waals surface area contributed by atoms with Gasteiger partial charge in [0.1, 0.15) is 17.8 Å². The Kier molecular flexibility index (Phi) is 4.57. The second kappa shape index (κ2) is 6.81. The minimum atomic E-state index is -0.856. The highest BCUT2D eigenvalue weighted by molar-refractivity contribution is 9.10. The van der Waals surface area contributed by atoms with E-state index in [0.29, 0.717) is 5.65 Å². The number of aromatic nitrogens is 2. The summed E-state index contributed by atoms with van der Waals surface area (Å²) in [6.07, 6.45) is 1.58. The number of esters is 1. The van der Waals surface area contributed by atoms with Crippen LogP contribution in [0.15, 0.2) is 57.9 Å². The summed E-state index contributed by atoms with van der Waals surface area (Å²) >= 11 is 3.27. The first-order valence-electron chi connectivity index (χ1n) is 7.04. The zero-order chi connectivity index (χ0) is 18.0. The van der Waals surface area contributed by atoms with Crippen molar-refractivity contribution in [2.45, 2.75) is 6.61 Å². The number of nitrogens with zero attached hydrogens (tertiary/aromatic N) is 3. The standard InChI is InChI=1S/C16H10BrN3O5/c17-10-5-6-14-18-11(7-15(21)19(14)8-10)9-25-16(22)12-3-1-2-4-13(12)20(23)24/h1-8H,9H2. The number of para-hydroxylation sites is 1. The maximum absolute atomic E-state index is 12.1. The number of halogens is 1. The fourth-order valence-corrected chi connectivity index (χ4v) is 2.56. The number of ether oxygens (including phenoxy) is 1. The summed E-state index contributed by atoms with van der Waals surface area (Å²) in [7, 11) is 0. The second-order valence-electron chi connectivity index (χ2n) is 5.01. The number of pyridine rings is 1. The minimum absolute atomic E-state index is 0.158. The quantitative estimate of drug-likeness (QED) is 0.376. The molecule has 0 radical (unpaired) electrons. The van der Waals surface area contributed by atoms with Gasteiger partial charge in [0.15, 0.2) is 0 Å². The largest absolute Gasteiger partial charge is 0.455 e. The first-order chi connectivity index (χ1) is 12.0. The molecule has 25 heavy (non-hydrogen) atoms. The van der Waals surface area contributed by atoms with Gasteiger partial charge in [0.25, 0.3) is 11.2 Å². The molecule has 1 aromatic carbocycles. The molecule has 3 rings (SSSR count). The Bertz CT molecular complexity index is 1050. The molecular formula is C16H10BrN3O5. The van der Waals surface area contributed by atoms with Crippen LogP contribution in [-0.4, -0.2) is 20.3 Å². The first-order valence-corrected chi connectivity index (χ1v) is 7.83. The van der Waals surface area contributed by atoms with E-state index in [0.717, 1.165) is 4.47 Å². The number of hydrogen-bond donors (Lipinski definition) is 0. The van der Waals surface area contributed by atoms with Crippen molar-refractivity contribution >= 4 is 33.2 Å². The third kappa shape index (κ3) is 3.56. The molecule has 0 N–H and O–H groups in total. The van der Waals surface area contributed by atoms with E-state index < -0.39 is 10.9 Å². The molecule has 0 saturated carbocycles. The lowest BCUT2D eigenvalue weighted by Gasteiger charge is -2.06. The Morgan fingerprint density at radius 2 is 2.04 bits per heavy atom. The maximum Gasteiger partial charge on any atom is 0.345 e. The van der Waals surface area contributed by atoms with Crippen LogP contribution in [0.5, 0.6) is 0 Å². The SMILES string of the molecule is O=C(OCc1cc(=O)n2cc(Br)ccc2n1)c1ccccc1[N+](=O)[O-]. The van der Waals surface area contributed by atoms with E-state index in [4.69, 9.17) is 4.74 Å². The first kappa shape index (κ1) is 16.8. The van der Waals surface area contributed by atoms with Gasteiger partial charge in [-0.15, -0.1) is 0 Å². The highest BCUT2D eigenvalue weighted by Crippen LogP contribution is 2.19. The second-order valence-corrected chi connectivity index (χ2v) is 5.93. The summed E-state index contributed by atoms with van der Waals surface area (Å²) in [4.78, 5) is 38.7. The zero-order valence-electron chi connectivity index (χ0n) is 12.6. The summed E-state index contributed by atoms with van der Waals surface area (Å²) in [6, 6.07) is 10.1. The van der Waals surface area contributed by atoms with E-state index in [9.17, 15) is 19.7 Å². The monoisotopic (exact) mass is 403 g/mol. The van der Waals surface area contributed by atoms with Crippen molar-refractivity contribution in [2.24, 2.45) is 0 Å². The smallest absolute Gasteiger partial charge is 0.345 e. The fourth-order valence-electron chi connectivity index (χ4n) is 2.22. The van der Waals surface area contributed by atoms with E-state index in [1.54, 1.807) is 18.3 Å². The molecule has 0 atom stereocenters. The molecule has 0 aliphatic heterocycles. The van der Waals surface area contributed by atoms with Gasteiger partial charge < -0.3 is 4.74 Å². The Morgan fingerprint density at radius 3 is 2.80 bits per heavy atom. The summed E-state index contributed by atoms with van der Waals surface area (Å²) < 4.78 is 7.14. The van der Waals surface area contributed by atoms with Crippen molar-refractivity contribution in [3.8, 4) is 0 Å². The Labute approximate surface area is 149 Å². The topological polar surface area (TPSA) is 104 Å². The van der Waals surface area contributed by atoms with Crippen LogP contribution in [0, 0.1) is 10.1 Å². The van der Waals surface area contributed by atoms with Crippen LogP contribution in [-0.2, 0) is 11.3 Å². The van der Waals surface area contributed by atoms with Crippen LogP contribution in [0.2, 0.25) is 0 Å². The van der Waals surface area contributed by atoms with Crippen LogP contribution >= 0.6 is 15.9 Å². The Hall–Kier alpha value is -3.07. The van der Waals surface area contributed by atoms with Gasteiger partial charge in [-0.05, 0) is 34.1 Å². The molecule has 2 aromatic heterocycles. The van der Waals surface area contributed by atoms with Crippen LogP contribution < -0.4 is 5.56 Å². The predicted octanol–water partition coefficient (Wildman–Crippen LogP) is 2.72. The zero-order valence-corrected chi connectivity index (χ0v) is 14.2. The predicted molar refractivity (Wildman–Crippen MR) is 91.4 cm³/mol.